The van der Waals surface area contributed by atoms with Gasteiger partial charge in [-0.2, -0.15) is 17.9 Å². The predicted molar refractivity (Wildman–Crippen MR) is 130 cm³/mol. The Hall–Kier alpha value is -2.04. The number of rotatable bonds is 7. The van der Waals surface area contributed by atoms with Gasteiger partial charge in [-0.25, -0.2) is 23.6 Å². The number of amides is 2. The number of alkyl halides is 4. The van der Waals surface area contributed by atoms with Gasteiger partial charge in [0.05, 0.1) is 14.9 Å². The van der Waals surface area contributed by atoms with E-state index in [1.807, 2.05) is 5.43 Å². The Balaban J connectivity index is 2.07. The molecule has 1 aromatic carbocycles. The summed E-state index contributed by atoms with van der Waals surface area (Å²) in [4.78, 5) is 30.0. The number of hydrogen-bond acceptors (Lipinski definition) is 7. The molecule has 17 heteroatoms. The van der Waals surface area contributed by atoms with Crippen LogP contribution in [0.3, 0.4) is 0 Å². The molecule has 1 fully saturated rings. The van der Waals surface area contributed by atoms with Crippen LogP contribution in [0.4, 0.5) is 17.6 Å². The van der Waals surface area contributed by atoms with Crippen molar-refractivity contribution in [2.45, 2.75) is 49.5 Å². The Morgan fingerprint density at radius 2 is 1.86 bits per heavy atom. The van der Waals surface area contributed by atoms with E-state index in [1.54, 1.807) is 4.72 Å². The molecule has 1 atom stereocenters. The predicted octanol–water partition coefficient (Wildman–Crippen LogP) is 3.91. The van der Waals surface area contributed by atoms with Crippen LogP contribution < -0.4 is 16.0 Å². The van der Waals surface area contributed by atoms with Crippen molar-refractivity contribution in [1.82, 2.24) is 20.0 Å². The number of likely N-dealkylation sites (tertiary alicyclic amines) is 1. The van der Waals surface area contributed by atoms with Crippen LogP contribution in [0.1, 0.15) is 46.5 Å². The molecule has 9 nitrogen and oxygen atoms in total. The number of benzene rings is 1. The van der Waals surface area contributed by atoms with Gasteiger partial charge in [0.1, 0.15) is 22.8 Å². The van der Waals surface area contributed by atoms with Crippen LogP contribution in [-0.4, -0.2) is 61.6 Å². The first-order valence-corrected chi connectivity index (χ1v) is 13.8. The first-order valence-electron chi connectivity index (χ1n) is 10.7. The van der Waals surface area contributed by atoms with Crippen LogP contribution in [-0.2, 0) is 10.0 Å². The number of piperidine rings is 1. The average Bonchev–Trinajstić information content (AvgIpc) is 3.28. The van der Waals surface area contributed by atoms with E-state index in [-0.39, 0.29) is 47.1 Å². The van der Waals surface area contributed by atoms with E-state index in [9.17, 15) is 35.6 Å². The number of sulfonamides is 1. The van der Waals surface area contributed by atoms with Crippen LogP contribution in [0, 0.1) is 0 Å². The van der Waals surface area contributed by atoms with Crippen LogP contribution >= 0.6 is 34.5 Å². The number of carbonyl (C=O) groups excluding carboxylic acids is 2. The number of aromatic nitrogens is 1. The quantitative estimate of drug-likeness (QED) is 0.189. The van der Waals surface area contributed by atoms with Crippen LogP contribution in [0.5, 0.6) is 0 Å². The third-order valence-electron chi connectivity index (χ3n) is 5.55. The highest BCUT2D eigenvalue weighted by Gasteiger charge is 2.41. The molecule has 0 aliphatic carbocycles. The van der Waals surface area contributed by atoms with Gasteiger partial charge in [0.25, 0.3) is 11.8 Å². The molecule has 37 heavy (non-hydrogen) atoms. The van der Waals surface area contributed by atoms with Gasteiger partial charge < -0.3 is 4.90 Å². The summed E-state index contributed by atoms with van der Waals surface area (Å²) in [7, 11) is -4.76. The summed E-state index contributed by atoms with van der Waals surface area (Å²) in [5.74, 6) is 3.72. The Kier molecular flexibility index (Phi) is 9.07. The van der Waals surface area contributed by atoms with Gasteiger partial charge >= 0.3 is 6.18 Å². The second-order valence-electron chi connectivity index (χ2n) is 8.00. The van der Waals surface area contributed by atoms with Crippen molar-refractivity contribution in [2.75, 3.05) is 13.1 Å². The lowest BCUT2D eigenvalue weighted by atomic mass is 10.1. The minimum Gasteiger partial charge on any atom is -0.337 e. The van der Waals surface area contributed by atoms with Crippen LogP contribution in [0.2, 0.25) is 10.0 Å². The zero-order valence-electron chi connectivity index (χ0n) is 19.0. The average molecular weight is 606 g/mol. The molecule has 204 valence electrons. The second kappa shape index (κ2) is 11.4. The number of carbonyl (C=O) groups is 2. The number of nitrogens with zero attached hydrogens (tertiary/aromatic N) is 2. The molecule has 2 heterocycles. The topological polar surface area (TPSA) is 134 Å². The van der Waals surface area contributed by atoms with Crippen molar-refractivity contribution in [2.24, 2.45) is 5.84 Å². The fourth-order valence-electron chi connectivity index (χ4n) is 3.55. The summed E-state index contributed by atoms with van der Waals surface area (Å²) < 4.78 is 79.9. The Labute approximate surface area is 223 Å². The summed E-state index contributed by atoms with van der Waals surface area (Å²) in [6.07, 6.45) is -6.23. The molecule has 1 aromatic heterocycles. The first kappa shape index (κ1) is 29.5. The van der Waals surface area contributed by atoms with Gasteiger partial charge in [0.2, 0.25) is 10.0 Å². The van der Waals surface area contributed by atoms with Gasteiger partial charge in [-0.15, -0.1) is 11.3 Å². The monoisotopic (exact) mass is 605 g/mol. The zero-order valence-corrected chi connectivity index (χ0v) is 22.2. The Bertz CT molecular complexity index is 1300. The highest BCUT2D eigenvalue weighted by Crippen LogP contribution is 2.42. The van der Waals surface area contributed by atoms with Gasteiger partial charge in [-0.3, -0.25) is 15.0 Å². The first-order chi connectivity index (χ1) is 17.2. The van der Waals surface area contributed by atoms with Gasteiger partial charge in [-0.05, 0) is 25.3 Å². The third kappa shape index (κ3) is 6.34. The fraction of sp³-hybridized carbons (Fsp3) is 0.450. The molecule has 0 bridgehead atoms. The molecule has 1 saturated heterocycles. The summed E-state index contributed by atoms with van der Waals surface area (Å²) >= 11 is 13.2. The largest absolute Gasteiger partial charge is 0.404 e. The van der Waals surface area contributed by atoms with Crippen LogP contribution in [0.25, 0.3) is 10.4 Å². The molecule has 3 rings (SSSR count). The minimum absolute atomic E-state index is 0.00535. The van der Waals surface area contributed by atoms with Gasteiger partial charge in [0.15, 0.2) is 5.01 Å². The molecular formula is C20H21Cl2F4N5O4S2. The molecule has 1 aliphatic heterocycles. The molecule has 2 amide bonds. The third-order valence-corrected chi connectivity index (χ3v) is 9.14. The lowest BCUT2D eigenvalue weighted by Gasteiger charge is -2.28. The lowest BCUT2D eigenvalue weighted by Crippen LogP contribution is -2.44. The number of hydrogen-bond donors (Lipinski definition) is 3. The Morgan fingerprint density at radius 3 is 2.41 bits per heavy atom. The number of halogens is 6. The van der Waals surface area contributed by atoms with E-state index in [0.717, 1.165) is 19.1 Å². The van der Waals surface area contributed by atoms with E-state index >= 15 is 0 Å². The van der Waals surface area contributed by atoms with E-state index < -0.39 is 61.6 Å². The number of thiazole rings is 1. The summed E-state index contributed by atoms with van der Waals surface area (Å²) in [6.45, 7) is 1.36. The fourth-order valence-corrected chi connectivity index (χ4v) is 6.77. The maximum Gasteiger partial charge on any atom is 0.404 e. The number of nitrogen functional groups attached to an aromatic ring is 1. The standard InChI is InChI=1S/C20H21Cl2F4N5O4S2/c1-2-12(20(24,25)26)30-37(34,35)11-4-3-10(13(21)14(11)22)16-15(28-18(36-16)17(32)29-27)19(33)31-7-5-9(23)6-8-31/h3-4,9,12,30H,2,5-8,27H2,1H3,(H,29,32). The summed E-state index contributed by atoms with van der Waals surface area (Å²) in [5, 5.41) is -1.22. The maximum absolute atomic E-state index is 13.6. The van der Waals surface area contributed by atoms with Crippen molar-refractivity contribution in [3.05, 3.63) is 32.9 Å². The number of nitrogens with one attached hydrogen (secondary N) is 2. The molecule has 0 radical (unpaired) electrons. The van der Waals surface area contributed by atoms with Crippen LogP contribution in [0.15, 0.2) is 17.0 Å². The normalized spacial score (nSPS) is 16.1. The minimum atomic E-state index is -4.84. The van der Waals surface area contributed by atoms with Crippen molar-refractivity contribution in [3.63, 3.8) is 0 Å². The highest BCUT2D eigenvalue weighted by atomic mass is 35.5. The van der Waals surface area contributed by atoms with Crippen molar-refractivity contribution in [1.29, 1.82) is 0 Å². The Morgan fingerprint density at radius 1 is 1.24 bits per heavy atom. The zero-order chi connectivity index (χ0) is 27.7. The summed E-state index contributed by atoms with van der Waals surface area (Å²) in [5.41, 5.74) is 1.66. The molecule has 2 aromatic rings. The molecule has 4 N–H and O–H groups in total. The maximum atomic E-state index is 13.6. The smallest absolute Gasteiger partial charge is 0.337 e. The number of hydrazine groups is 1. The highest BCUT2D eigenvalue weighted by molar-refractivity contribution is 7.89. The summed E-state index contributed by atoms with van der Waals surface area (Å²) in [6, 6.07) is -0.289. The molecular weight excluding hydrogens is 585 g/mol. The van der Waals surface area contributed by atoms with Crippen molar-refractivity contribution >= 4 is 56.4 Å². The second-order valence-corrected chi connectivity index (χ2v) is 11.4. The van der Waals surface area contributed by atoms with Gasteiger partial charge in [0, 0.05) is 18.7 Å². The van der Waals surface area contributed by atoms with E-state index in [2.05, 4.69) is 4.98 Å². The lowest BCUT2D eigenvalue weighted by molar-refractivity contribution is -0.151. The van der Waals surface area contributed by atoms with E-state index in [0.29, 0.717) is 11.3 Å². The molecule has 1 aliphatic rings. The van der Waals surface area contributed by atoms with E-state index in [4.69, 9.17) is 29.0 Å². The van der Waals surface area contributed by atoms with Crippen molar-refractivity contribution < 1.29 is 35.6 Å². The van der Waals surface area contributed by atoms with E-state index in [1.165, 1.54) is 4.90 Å². The molecule has 0 spiro atoms. The molecule has 1 unspecified atom stereocenters. The molecule has 0 saturated carbocycles. The number of nitrogens with two attached hydrogens (primary N) is 1. The van der Waals surface area contributed by atoms with Gasteiger partial charge in [-0.1, -0.05) is 36.2 Å². The SMILES string of the molecule is CCC(NS(=O)(=O)c1ccc(-c2sc(C(=O)NN)nc2C(=O)N2CCC(F)CC2)c(Cl)c1Cl)C(F)(F)F. The van der Waals surface area contributed by atoms with Crippen molar-refractivity contribution in [3.8, 4) is 10.4 Å².